The van der Waals surface area contributed by atoms with Crippen LogP contribution in [0.5, 0.6) is 0 Å². The fraction of sp³-hybridized carbons (Fsp3) is 0.105. The lowest BCUT2D eigenvalue weighted by Crippen LogP contribution is -2.29. The number of rotatable bonds is 5. The molecule has 1 N–H and O–H groups in total. The molecule has 0 aliphatic rings. The lowest BCUT2D eigenvalue weighted by Gasteiger charge is -2.17. The molecule has 0 saturated heterocycles. The number of furan rings is 1. The smallest absolute Gasteiger partial charge is 0.251 e. The van der Waals surface area contributed by atoms with Crippen molar-refractivity contribution in [2.24, 2.45) is 0 Å². The van der Waals surface area contributed by atoms with Crippen LogP contribution in [0.3, 0.4) is 0 Å². The van der Waals surface area contributed by atoms with Gasteiger partial charge >= 0.3 is 0 Å². The Balaban J connectivity index is 1.79. The van der Waals surface area contributed by atoms with Gasteiger partial charge in [-0.25, -0.2) is 0 Å². The SMILES string of the molecule is O=C(N[C@@H](Cc1ccccc1)c1ccco1)c1ccccc1. The standard InChI is InChI=1S/C19H17NO2/c21-19(16-10-5-2-6-11-16)20-17(18-12-7-13-22-18)14-15-8-3-1-4-9-15/h1-13,17H,14H2,(H,20,21)/t17-/m0/s1. The lowest BCUT2D eigenvalue weighted by molar-refractivity contribution is 0.0931. The third kappa shape index (κ3) is 3.44. The summed E-state index contributed by atoms with van der Waals surface area (Å²) in [5, 5.41) is 3.05. The largest absolute Gasteiger partial charge is 0.467 e. The summed E-state index contributed by atoms with van der Waals surface area (Å²) in [7, 11) is 0. The molecule has 0 aliphatic heterocycles. The van der Waals surface area contributed by atoms with E-state index in [9.17, 15) is 4.79 Å². The van der Waals surface area contributed by atoms with E-state index in [1.54, 1.807) is 18.4 Å². The number of carbonyl (C=O) groups is 1. The highest BCUT2D eigenvalue weighted by atomic mass is 16.3. The summed E-state index contributed by atoms with van der Waals surface area (Å²) >= 11 is 0. The summed E-state index contributed by atoms with van der Waals surface area (Å²) in [4.78, 5) is 12.4. The van der Waals surface area contributed by atoms with E-state index in [0.717, 1.165) is 11.3 Å². The van der Waals surface area contributed by atoms with Crippen molar-refractivity contribution in [3.63, 3.8) is 0 Å². The average molecular weight is 291 g/mol. The van der Waals surface area contributed by atoms with E-state index >= 15 is 0 Å². The van der Waals surface area contributed by atoms with Crippen LogP contribution in [0.1, 0.15) is 27.7 Å². The maximum atomic E-state index is 12.4. The maximum absolute atomic E-state index is 12.4. The second kappa shape index (κ2) is 6.76. The number of benzene rings is 2. The molecule has 0 spiro atoms. The van der Waals surface area contributed by atoms with E-state index in [-0.39, 0.29) is 11.9 Å². The normalized spacial score (nSPS) is 11.8. The van der Waals surface area contributed by atoms with Crippen LogP contribution in [0.4, 0.5) is 0 Å². The molecule has 3 aromatic rings. The van der Waals surface area contributed by atoms with Crippen LogP contribution >= 0.6 is 0 Å². The molecule has 0 bridgehead atoms. The Hall–Kier alpha value is -2.81. The quantitative estimate of drug-likeness (QED) is 0.772. The summed E-state index contributed by atoms with van der Waals surface area (Å²) in [6.45, 7) is 0. The molecule has 3 heteroatoms. The summed E-state index contributed by atoms with van der Waals surface area (Å²) in [6, 6.07) is 22.8. The summed E-state index contributed by atoms with van der Waals surface area (Å²) in [5.74, 6) is 0.658. The molecule has 0 fully saturated rings. The minimum absolute atomic E-state index is 0.0991. The second-order valence-corrected chi connectivity index (χ2v) is 5.10. The Morgan fingerprint density at radius 2 is 1.59 bits per heavy atom. The first-order valence-electron chi connectivity index (χ1n) is 7.26. The van der Waals surface area contributed by atoms with Crippen LogP contribution in [0.2, 0.25) is 0 Å². The number of hydrogen-bond donors (Lipinski definition) is 1. The van der Waals surface area contributed by atoms with E-state index in [2.05, 4.69) is 5.32 Å². The number of amides is 1. The van der Waals surface area contributed by atoms with E-state index in [1.807, 2.05) is 60.7 Å². The van der Waals surface area contributed by atoms with E-state index in [0.29, 0.717) is 12.0 Å². The van der Waals surface area contributed by atoms with Gasteiger partial charge in [0.2, 0.25) is 0 Å². The van der Waals surface area contributed by atoms with Crippen LogP contribution in [0, 0.1) is 0 Å². The molecule has 22 heavy (non-hydrogen) atoms. The average Bonchev–Trinajstić information content (AvgIpc) is 3.10. The maximum Gasteiger partial charge on any atom is 0.251 e. The Labute approximate surface area is 129 Å². The zero-order chi connectivity index (χ0) is 15.2. The van der Waals surface area contributed by atoms with Crippen LogP contribution in [0.25, 0.3) is 0 Å². The predicted molar refractivity (Wildman–Crippen MR) is 85.5 cm³/mol. The molecule has 3 nitrogen and oxygen atoms in total. The zero-order valence-electron chi connectivity index (χ0n) is 12.1. The van der Waals surface area contributed by atoms with Crippen molar-refractivity contribution in [3.8, 4) is 0 Å². The van der Waals surface area contributed by atoms with Gasteiger partial charge in [0, 0.05) is 5.56 Å². The molecule has 0 saturated carbocycles. The van der Waals surface area contributed by atoms with E-state index in [4.69, 9.17) is 4.42 Å². The molecule has 1 heterocycles. The Morgan fingerprint density at radius 3 is 2.23 bits per heavy atom. The summed E-state index contributed by atoms with van der Waals surface area (Å²) < 4.78 is 5.49. The van der Waals surface area contributed by atoms with Gasteiger partial charge in [-0.15, -0.1) is 0 Å². The number of hydrogen-bond acceptors (Lipinski definition) is 2. The van der Waals surface area contributed by atoms with E-state index < -0.39 is 0 Å². The van der Waals surface area contributed by atoms with Gasteiger partial charge in [-0.05, 0) is 36.2 Å². The minimum atomic E-state index is -0.190. The van der Waals surface area contributed by atoms with Gasteiger partial charge < -0.3 is 9.73 Å². The Morgan fingerprint density at radius 1 is 0.909 bits per heavy atom. The monoisotopic (exact) mass is 291 g/mol. The number of carbonyl (C=O) groups excluding carboxylic acids is 1. The van der Waals surface area contributed by atoms with Crippen molar-refractivity contribution < 1.29 is 9.21 Å². The molecule has 0 radical (unpaired) electrons. The molecule has 2 aromatic carbocycles. The fourth-order valence-electron chi connectivity index (χ4n) is 2.39. The van der Waals surface area contributed by atoms with Gasteiger partial charge in [0.15, 0.2) is 0 Å². The van der Waals surface area contributed by atoms with Crippen molar-refractivity contribution in [2.45, 2.75) is 12.5 Å². The zero-order valence-corrected chi connectivity index (χ0v) is 12.1. The van der Waals surface area contributed by atoms with Crippen LogP contribution < -0.4 is 5.32 Å². The van der Waals surface area contributed by atoms with Crippen LogP contribution in [-0.2, 0) is 6.42 Å². The predicted octanol–water partition coefficient (Wildman–Crippen LogP) is 3.99. The molecule has 3 rings (SSSR count). The highest BCUT2D eigenvalue weighted by molar-refractivity contribution is 5.94. The van der Waals surface area contributed by atoms with Gasteiger partial charge in [0.25, 0.3) is 5.91 Å². The Kier molecular flexibility index (Phi) is 4.35. The van der Waals surface area contributed by atoms with Crippen molar-refractivity contribution >= 4 is 5.91 Å². The molecule has 0 unspecified atom stereocenters. The van der Waals surface area contributed by atoms with Crippen LogP contribution in [-0.4, -0.2) is 5.91 Å². The van der Waals surface area contributed by atoms with Gasteiger partial charge in [0.05, 0.1) is 12.3 Å². The fourth-order valence-corrected chi connectivity index (χ4v) is 2.39. The topological polar surface area (TPSA) is 42.2 Å². The van der Waals surface area contributed by atoms with Crippen molar-refractivity contribution in [3.05, 3.63) is 95.9 Å². The minimum Gasteiger partial charge on any atom is -0.467 e. The van der Waals surface area contributed by atoms with E-state index in [1.165, 1.54) is 0 Å². The Bertz CT molecular complexity index is 706. The first-order chi connectivity index (χ1) is 10.8. The third-order valence-corrected chi connectivity index (χ3v) is 3.51. The second-order valence-electron chi connectivity index (χ2n) is 5.10. The molecule has 1 aromatic heterocycles. The van der Waals surface area contributed by atoms with Gasteiger partial charge in [0.1, 0.15) is 5.76 Å². The van der Waals surface area contributed by atoms with Crippen molar-refractivity contribution in [2.75, 3.05) is 0 Å². The van der Waals surface area contributed by atoms with Gasteiger partial charge in [-0.1, -0.05) is 48.5 Å². The summed E-state index contributed by atoms with van der Waals surface area (Å²) in [5.41, 5.74) is 1.80. The summed E-state index contributed by atoms with van der Waals surface area (Å²) in [6.07, 6.45) is 2.31. The van der Waals surface area contributed by atoms with Gasteiger partial charge in [-0.2, -0.15) is 0 Å². The highest BCUT2D eigenvalue weighted by Gasteiger charge is 2.18. The molecular weight excluding hydrogens is 274 g/mol. The first kappa shape index (κ1) is 14.1. The molecular formula is C19H17NO2. The van der Waals surface area contributed by atoms with Crippen LogP contribution in [0.15, 0.2) is 83.5 Å². The molecule has 1 amide bonds. The van der Waals surface area contributed by atoms with Gasteiger partial charge in [-0.3, -0.25) is 4.79 Å². The first-order valence-corrected chi connectivity index (χ1v) is 7.26. The number of nitrogens with one attached hydrogen (secondary N) is 1. The molecule has 1 atom stereocenters. The molecule has 0 aliphatic carbocycles. The van der Waals surface area contributed by atoms with Crippen molar-refractivity contribution in [1.82, 2.24) is 5.32 Å². The lowest BCUT2D eigenvalue weighted by atomic mass is 10.0. The molecule has 110 valence electrons. The third-order valence-electron chi connectivity index (χ3n) is 3.51. The highest BCUT2D eigenvalue weighted by Crippen LogP contribution is 2.19. The van der Waals surface area contributed by atoms with Crippen molar-refractivity contribution in [1.29, 1.82) is 0 Å².